The van der Waals surface area contributed by atoms with Gasteiger partial charge in [-0.15, -0.1) is 5.10 Å². The van der Waals surface area contributed by atoms with Crippen LogP contribution in [-0.2, 0) is 0 Å². The first-order chi connectivity index (χ1) is 10.1. The Morgan fingerprint density at radius 1 is 1.29 bits per heavy atom. The first kappa shape index (κ1) is 15.2. The van der Waals surface area contributed by atoms with Crippen LogP contribution in [0.5, 0.6) is 0 Å². The molecule has 0 spiro atoms. The Kier molecular flexibility index (Phi) is 5.09. The van der Waals surface area contributed by atoms with E-state index in [0.717, 1.165) is 12.0 Å². The summed E-state index contributed by atoms with van der Waals surface area (Å²) in [4.78, 5) is 12.0. The molecule has 21 heavy (non-hydrogen) atoms. The van der Waals surface area contributed by atoms with Crippen molar-refractivity contribution in [3.8, 4) is 0 Å². The maximum atomic E-state index is 12.0. The molecule has 1 amide bonds. The van der Waals surface area contributed by atoms with Gasteiger partial charge < -0.3 is 5.32 Å². The summed E-state index contributed by atoms with van der Waals surface area (Å²) in [6.07, 6.45) is 2.74. The molecule has 0 bridgehead atoms. The second kappa shape index (κ2) is 7.02. The van der Waals surface area contributed by atoms with Gasteiger partial charge in [-0.2, -0.15) is 0 Å². The van der Waals surface area contributed by atoms with Gasteiger partial charge in [0.15, 0.2) is 5.69 Å². The van der Waals surface area contributed by atoms with E-state index in [9.17, 15) is 4.79 Å². The molecule has 2 atom stereocenters. The summed E-state index contributed by atoms with van der Waals surface area (Å²) >= 11 is 0. The maximum Gasteiger partial charge on any atom is 0.273 e. The lowest BCUT2D eigenvalue weighted by Gasteiger charge is -2.11. The highest BCUT2D eigenvalue weighted by molar-refractivity contribution is 5.91. The topological polar surface area (TPSA) is 59.8 Å². The molecule has 1 aromatic heterocycles. The third-order valence-electron chi connectivity index (χ3n) is 3.73. The first-order valence-electron chi connectivity index (χ1n) is 7.36. The van der Waals surface area contributed by atoms with Crippen LogP contribution in [0.4, 0.5) is 0 Å². The molecular formula is C16H22N4O. The van der Waals surface area contributed by atoms with Gasteiger partial charge in [0.25, 0.3) is 5.91 Å². The average Bonchev–Trinajstić information content (AvgIpc) is 3.02. The number of aromatic nitrogens is 3. The van der Waals surface area contributed by atoms with Crippen LogP contribution in [0, 0.1) is 5.92 Å². The van der Waals surface area contributed by atoms with Gasteiger partial charge in [0.05, 0.1) is 12.2 Å². The van der Waals surface area contributed by atoms with Crippen LogP contribution in [0.2, 0.25) is 0 Å². The van der Waals surface area contributed by atoms with Crippen LogP contribution in [0.15, 0.2) is 36.5 Å². The summed E-state index contributed by atoms with van der Waals surface area (Å²) in [5.74, 6) is 0.300. The zero-order chi connectivity index (χ0) is 15.2. The molecule has 0 saturated carbocycles. The number of carbonyl (C=O) groups excluding carboxylic acids is 1. The van der Waals surface area contributed by atoms with Crippen molar-refractivity contribution in [2.24, 2.45) is 5.92 Å². The van der Waals surface area contributed by atoms with Crippen molar-refractivity contribution >= 4 is 5.91 Å². The Bertz CT molecular complexity index is 579. The summed E-state index contributed by atoms with van der Waals surface area (Å²) in [6, 6.07) is 10.1. The van der Waals surface area contributed by atoms with Crippen molar-refractivity contribution in [3.05, 3.63) is 47.8 Å². The number of amides is 1. The van der Waals surface area contributed by atoms with Crippen molar-refractivity contribution in [1.82, 2.24) is 20.3 Å². The average molecular weight is 286 g/mol. The normalized spacial score (nSPS) is 13.7. The van der Waals surface area contributed by atoms with E-state index in [4.69, 9.17) is 0 Å². The van der Waals surface area contributed by atoms with E-state index in [2.05, 4.69) is 29.5 Å². The minimum absolute atomic E-state index is 0.0508. The molecule has 1 heterocycles. The summed E-state index contributed by atoms with van der Waals surface area (Å²) < 4.78 is 1.72. The summed E-state index contributed by atoms with van der Waals surface area (Å²) in [5.41, 5.74) is 1.50. The fraction of sp³-hybridized carbons (Fsp3) is 0.438. The number of hydrogen-bond acceptors (Lipinski definition) is 3. The highest BCUT2D eigenvalue weighted by Gasteiger charge is 2.15. The molecular weight excluding hydrogens is 264 g/mol. The molecule has 2 rings (SSSR count). The number of nitrogens with zero attached hydrogens (tertiary/aromatic N) is 3. The minimum atomic E-state index is -0.165. The third kappa shape index (κ3) is 3.90. The number of nitrogens with one attached hydrogen (secondary N) is 1. The van der Waals surface area contributed by atoms with Gasteiger partial charge in [0.2, 0.25) is 0 Å². The van der Waals surface area contributed by atoms with E-state index in [1.54, 1.807) is 10.9 Å². The van der Waals surface area contributed by atoms with E-state index < -0.39 is 0 Å². The summed E-state index contributed by atoms with van der Waals surface area (Å²) in [7, 11) is 0. The lowest BCUT2D eigenvalue weighted by molar-refractivity contribution is 0.0942. The third-order valence-corrected chi connectivity index (χ3v) is 3.73. The number of carbonyl (C=O) groups is 1. The van der Waals surface area contributed by atoms with E-state index in [1.807, 2.05) is 37.3 Å². The Morgan fingerprint density at radius 3 is 2.67 bits per heavy atom. The largest absolute Gasteiger partial charge is 0.350 e. The molecule has 112 valence electrons. The fourth-order valence-corrected chi connectivity index (χ4v) is 1.96. The van der Waals surface area contributed by atoms with Gasteiger partial charge in [-0.3, -0.25) is 4.79 Å². The Morgan fingerprint density at radius 2 is 2.00 bits per heavy atom. The van der Waals surface area contributed by atoms with Crippen molar-refractivity contribution in [2.45, 2.75) is 33.2 Å². The van der Waals surface area contributed by atoms with Crippen LogP contribution in [-0.4, -0.2) is 27.4 Å². The number of hydrogen-bond donors (Lipinski definition) is 1. The molecule has 0 aliphatic carbocycles. The highest BCUT2D eigenvalue weighted by Crippen LogP contribution is 2.16. The summed E-state index contributed by atoms with van der Waals surface area (Å²) in [6.45, 7) is 6.91. The van der Waals surface area contributed by atoms with Crippen LogP contribution < -0.4 is 5.32 Å². The van der Waals surface area contributed by atoms with Crippen molar-refractivity contribution in [1.29, 1.82) is 0 Å². The zero-order valence-corrected chi connectivity index (χ0v) is 12.8. The molecule has 5 heteroatoms. The lowest BCUT2D eigenvalue weighted by Crippen LogP contribution is -2.28. The van der Waals surface area contributed by atoms with Crippen LogP contribution >= 0.6 is 0 Å². The molecule has 5 nitrogen and oxygen atoms in total. The van der Waals surface area contributed by atoms with E-state index >= 15 is 0 Å². The smallest absolute Gasteiger partial charge is 0.273 e. The predicted molar refractivity (Wildman–Crippen MR) is 82.1 cm³/mol. The van der Waals surface area contributed by atoms with E-state index in [1.165, 1.54) is 0 Å². The van der Waals surface area contributed by atoms with Gasteiger partial charge in [-0.1, -0.05) is 55.8 Å². The SMILES string of the molecule is CCC(C)CNC(=O)c1cn(C(C)c2ccccc2)nn1. The maximum absolute atomic E-state index is 12.0. The molecule has 2 aromatic rings. The lowest BCUT2D eigenvalue weighted by atomic mass is 10.1. The molecule has 0 fully saturated rings. The molecule has 0 aliphatic heterocycles. The second-order valence-corrected chi connectivity index (χ2v) is 5.39. The Balaban J connectivity index is 2.02. The fourth-order valence-electron chi connectivity index (χ4n) is 1.96. The monoisotopic (exact) mass is 286 g/mol. The van der Waals surface area contributed by atoms with Gasteiger partial charge in [0, 0.05) is 6.54 Å². The highest BCUT2D eigenvalue weighted by atomic mass is 16.2. The van der Waals surface area contributed by atoms with Crippen LogP contribution in [0.25, 0.3) is 0 Å². The molecule has 1 aromatic carbocycles. The van der Waals surface area contributed by atoms with Gasteiger partial charge >= 0.3 is 0 Å². The number of rotatable bonds is 6. The minimum Gasteiger partial charge on any atom is -0.350 e. The molecule has 0 saturated heterocycles. The first-order valence-corrected chi connectivity index (χ1v) is 7.36. The second-order valence-electron chi connectivity index (χ2n) is 5.39. The molecule has 2 unspecified atom stereocenters. The standard InChI is InChI=1S/C16H22N4O/c1-4-12(2)10-17-16(21)15-11-20(19-18-15)13(3)14-8-6-5-7-9-14/h5-9,11-13H,4,10H2,1-3H3,(H,17,21). The zero-order valence-electron chi connectivity index (χ0n) is 12.8. The summed E-state index contributed by atoms with van der Waals surface area (Å²) in [5, 5.41) is 10.9. The molecule has 0 aliphatic rings. The predicted octanol–water partition coefficient (Wildman–Crippen LogP) is 2.66. The van der Waals surface area contributed by atoms with E-state index in [-0.39, 0.29) is 11.9 Å². The molecule has 1 N–H and O–H groups in total. The Hall–Kier alpha value is -2.17. The quantitative estimate of drug-likeness (QED) is 0.888. The van der Waals surface area contributed by atoms with Crippen LogP contribution in [0.3, 0.4) is 0 Å². The molecule has 0 radical (unpaired) electrons. The van der Waals surface area contributed by atoms with Gasteiger partial charge in [-0.05, 0) is 18.4 Å². The van der Waals surface area contributed by atoms with Crippen molar-refractivity contribution in [3.63, 3.8) is 0 Å². The number of benzene rings is 1. The van der Waals surface area contributed by atoms with Crippen LogP contribution in [0.1, 0.15) is 49.3 Å². The van der Waals surface area contributed by atoms with Crippen molar-refractivity contribution < 1.29 is 4.79 Å². The van der Waals surface area contributed by atoms with E-state index in [0.29, 0.717) is 18.2 Å². The Labute approximate surface area is 125 Å². The van der Waals surface area contributed by atoms with Gasteiger partial charge in [0.1, 0.15) is 0 Å². The van der Waals surface area contributed by atoms with Gasteiger partial charge in [-0.25, -0.2) is 4.68 Å². The van der Waals surface area contributed by atoms with Crippen molar-refractivity contribution in [2.75, 3.05) is 6.54 Å².